The topological polar surface area (TPSA) is 49.3 Å². The third-order valence-corrected chi connectivity index (χ3v) is 3.47. The lowest BCUT2D eigenvalue weighted by Gasteiger charge is -2.25. The maximum atomic E-state index is 11.8. The molecule has 0 aromatic carbocycles. The SMILES string of the molecule is CCC(CC(=O)NCC(C)(C)CCO)C(C)C. The fourth-order valence-corrected chi connectivity index (χ4v) is 1.89. The molecule has 2 N–H and O–H groups in total. The molecule has 1 atom stereocenters. The zero-order chi connectivity index (χ0) is 13.5. The Morgan fingerprint density at radius 3 is 2.35 bits per heavy atom. The number of hydrogen-bond donors (Lipinski definition) is 2. The molecule has 0 saturated carbocycles. The summed E-state index contributed by atoms with van der Waals surface area (Å²) >= 11 is 0. The Labute approximate surface area is 106 Å². The van der Waals surface area contributed by atoms with Crippen LogP contribution in [-0.2, 0) is 4.79 Å². The molecule has 3 heteroatoms. The largest absolute Gasteiger partial charge is 0.396 e. The van der Waals surface area contributed by atoms with Crippen LogP contribution in [0.2, 0.25) is 0 Å². The predicted octanol–water partition coefficient (Wildman–Crippen LogP) is 2.58. The zero-order valence-electron chi connectivity index (χ0n) is 12.0. The molecule has 1 amide bonds. The van der Waals surface area contributed by atoms with Crippen molar-refractivity contribution in [2.45, 2.75) is 53.9 Å². The summed E-state index contributed by atoms with van der Waals surface area (Å²) in [6, 6.07) is 0. The van der Waals surface area contributed by atoms with E-state index in [0.717, 1.165) is 6.42 Å². The molecule has 0 heterocycles. The van der Waals surface area contributed by atoms with Gasteiger partial charge in [-0.25, -0.2) is 0 Å². The molecule has 0 bridgehead atoms. The molecule has 3 nitrogen and oxygen atoms in total. The van der Waals surface area contributed by atoms with E-state index in [2.05, 4.69) is 39.9 Å². The Balaban J connectivity index is 4.02. The van der Waals surface area contributed by atoms with Crippen LogP contribution >= 0.6 is 0 Å². The van der Waals surface area contributed by atoms with Crippen LogP contribution in [0.15, 0.2) is 0 Å². The van der Waals surface area contributed by atoms with Crippen LogP contribution < -0.4 is 5.32 Å². The highest BCUT2D eigenvalue weighted by Gasteiger charge is 2.20. The van der Waals surface area contributed by atoms with E-state index in [1.165, 1.54) is 0 Å². The molecule has 0 saturated heterocycles. The molecule has 0 aliphatic rings. The minimum Gasteiger partial charge on any atom is -0.396 e. The quantitative estimate of drug-likeness (QED) is 0.688. The summed E-state index contributed by atoms with van der Waals surface area (Å²) < 4.78 is 0. The Bertz CT molecular complexity index is 224. The van der Waals surface area contributed by atoms with Crippen LogP contribution in [0.4, 0.5) is 0 Å². The summed E-state index contributed by atoms with van der Waals surface area (Å²) in [5, 5.41) is 11.9. The second kappa shape index (κ2) is 7.70. The van der Waals surface area contributed by atoms with E-state index in [1.807, 2.05) is 0 Å². The van der Waals surface area contributed by atoms with Crippen molar-refractivity contribution in [1.82, 2.24) is 5.32 Å². The molecule has 1 unspecified atom stereocenters. The second-order valence-corrected chi connectivity index (χ2v) is 6.03. The van der Waals surface area contributed by atoms with E-state index < -0.39 is 0 Å². The lowest BCUT2D eigenvalue weighted by atomic mass is 9.88. The van der Waals surface area contributed by atoms with E-state index in [-0.39, 0.29) is 17.9 Å². The summed E-state index contributed by atoms with van der Waals surface area (Å²) in [4.78, 5) is 11.8. The highest BCUT2D eigenvalue weighted by atomic mass is 16.3. The van der Waals surface area contributed by atoms with Gasteiger partial charge < -0.3 is 10.4 Å². The van der Waals surface area contributed by atoms with Gasteiger partial charge in [0.15, 0.2) is 0 Å². The molecule has 0 radical (unpaired) electrons. The Morgan fingerprint density at radius 1 is 1.35 bits per heavy atom. The van der Waals surface area contributed by atoms with Gasteiger partial charge >= 0.3 is 0 Å². The average molecular weight is 243 g/mol. The molecule has 0 rings (SSSR count). The summed E-state index contributed by atoms with van der Waals surface area (Å²) in [5.41, 5.74) is -0.0239. The molecule has 0 aromatic rings. The standard InChI is InChI=1S/C14H29NO2/c1-6-12(11(2)3)9-13(17)15-10-14(4,5)7-8-16/h11-12,16H,6-10H2,1-5H3,(H,15,17). The van der Waals surface area contributed by atoms with Gasteiger partial charge in [-0.05, 0) is 23.7 Å². The first-order valence-electron chi connectivity index (χ1n) is 6.70. The van der Waals surface area contributed by atoms with Gasteiger partial charge in [0.1, 0.15) is 0 Å². The third kappa shape index (κ3) is 7.37. The number of aliphatic hydroxyl groups is 1. The number of nitrogens with one attached hydrogen (secondary N) is 1. The highest BCUT2D eigenvalue weighted by molar-refractivity contribution is 5.76. The van der Waals surface area contributed by atoms with Gasteiger partial charge in [-0.15, -0.1) is 0 Å². The number of carbonyl (C=O) groups is 1. The maximum Gasteiger partial charge on any atom is 0.220 e. The Hall–Kier alpha value is -0.570. The van der Waals surface area contributed by atoms with Gasteiger partial charge in [0.05, 0.1) is 0 Å². The second-order valence-electron chi connectivity index (χ2n) is 6.03. The molecular formula is C14H29NO2. The van der Waals surface area contributed by atoms with Crippen molar-refractivity contribution in [2.75, 3.05) is 13.2 Å². The van der Waals surface area contributed by atoms with Crippen LogP contribution in [0.3, 0.4) is 0 Å². The first-order valence-corrected chi connectivity index (χ1v) is 6.70. The van der Waals surface area contributed by atoms with Crippen LogP contribution in [-0.4, -0.2) is 24.2 Å². The van der Waals surface area contributed by atoms with Crippen molar-refractivity contribution in [3.05, 3.63) is 0 Å². The third-order valence-electron chi connectivity index (χ3n) is 3.47. The minimum absolute atomic E-state index is 0.0239. The number of rotatable bonds is 8. The molecule has 102 valence electrons. The molecule has 0 aliphatic heterocycles. The molecular weight excluding hydrogens is 214 g/mol. The van der Waals surface area contributed by atoms with E-state index in [9.17, 15) is 4.79 Å². The van der Waals surface area contributed by atoms with E-state index in [0.29, 0.717) is 31.2 Å². The normalized spacial score (nSPS) is 13.8. The summed E-state index contributed by atoms with van der Waals surface area (Å²) in [5.74, 6) is 1.16. The van der Waals surface area contributed by atoms with Crippen LogP contribution in [0.25, 0.3) is 0 Å². The van der Waals surface area contributed by atoms with Crippen molar-refractivity contribution in [2.24, 2.45) is 17.3 Å². The van der Waals surface area contributed by atoms with E-state index >= 15 is 0 Å². The minimum atomic E-state index is -0.0239. The van der Waals surface area contributed by atoms with E-state index in [4.69, 9.17) is 5.11 Å². The van der Waals surface area contributed by atoms with E-state index in [1.54, 1.807) is 0 Å². The van der Waals surface area contributed by atoms with Crippen LogP contribution in [0.1, 0.15) is 53.9 Å². The summed E-state index contributed by atoms with van der Waals surface area (Å²) in [7, 11) is 0. The summed E-state index contributed by atoms with van der Waals surface area (Å²) in [6.45, 7) is 11.4. The number of carbonyl (C=O) groups excluding carboxylic acids is 1. The Morgan fingerprint density at radius 2 is 1.94 bits per heavy atom. The fraction of sp³-hybridized carbons (Fsp3) is 0.929. The molecule has 0 aromatic heterocycles. The first-order chi connectivity index (χ1) is 7.82. The highest BCUT2D eigenvalue weighted by Crippen LogP contribution is 2.20. The van der Waals surface area contributed by atoms with Crippen molar-refractivity contribution < 1.29 is 9.90 Å². The van der Waals surface area contributed by atoms with Gasteiger partial charge in [-0.1, -0.05) is 41.0 Å². The van der Waals surface area contributed by atoms with Crippen LogP contribution in [0.5, 0.6) is 0 Å². The van der Waals surface area contributed by atoms with Gasteiger partial charge in [0.25, 0.3) is 0 Å². The first kappa shape index (κ1) is 16.4. The molecule has 0 fully saturated rings. The predicted molar refractivity (Wildman–Crippen MR) is 71.7 cm³/mol. The molecule has 17 heavy (non-hydrogen) atoms. The van der Waals surface area contributed by atoms with Gasteiger partial charge in [-0.3, -0.25) is 4.79 Å². The lowest BCUT2D eigenvalue weighted by molar-refractivity contribution is -0.122. The smallest absolute Gasteiger partial charge is 0.220 e. The van der Waals surface area contributed by atoms with Crippen molar-refractivity contribution in [3.63, 3.8) is 0 Å². The van der Waals surface area contributed by atoms with Gasteiger partial charge in [0.2, 0.25) is 5.91 Å². The van der Waals surface area contributed by atoms with Crippen LogP contribution in [0, 0.1) is 17.3 Å². The molecule has 0 spiro atoms. The number of amides is 1. The van der Waals surface area contributed by atoms with Gasteiger partial charge in [-0.2, -0.15) is 0 Å². The van der Waals surface area contributed by atoms with Gasteiger partial charge in [0, 0.05) is 19.6 Å². The van der Waals surface area contributed by atoms with Crippen molar-refractivity contribution in [3.8, 4) is 0 Å². The zero-order valence-corrected chi connectivity index (χ0v) is 12.0. The Kier molecular flexibility index (Phi) is 7.44. The average Bonchev–Trinajstić information content (AvgIpc) is 2.22. The van der Waals surface area contributed by atoms with Crippen molar-refractivity contribution in [1.29, 1.82) is 0 Å². The van der Waals surface area contributed by atoms with Crippen molar-refractivity contribution >= 4 is 5.91 Å². The maximum absolute atomic E-state index is 11.8. The fourth-order valence-electron chi connectivity index (χ4n) is 1.89. The number of hydrogen-bond acceptors (Lipinski definition) is 2. The number of aliphatic hydroxyl groups excluding tert-OH is 1. The summed E-state index contributed by atoms with van der Waals surface area (Å²) in [6.07, 6.45) is 2.38. The monoisotopic (exact) mass is 243 g/mol. The molecule has 0 aliphatic carbocycles. The lowest BCUT2D eigenvalue weighted by Crippen LogP contribution is -2.35.